The Kier molecular flexibility index (Phi) is 4.24. The molecule has 0 unspecified atom stereocenters. The molecule has 0 aromatic heterocycles. The summed E-state index contributed by atoms with van der Waals surface area (Å²) >= 11 is 0.464. The van der Waals surface area contributed by atoms with Crippen LogP contribution in [0.1, 0.15) is 18.4 Å². The topological polar surface area (TPSA) is 21.6 Å². The molecule has 0 aliphatic carbocycles. The maximum atomic E-state index is 5.60. The van der Waals surface area contributed by atoms with Gasteiger partial charge in [-0.25, -0.2) is 0 Å². The molecule has 0 spiro atoms. The van der Waals surface area contributed by atoms with Crippen LogP contribution in [0.25, 0.3) is 0 Å². The Hall–Kier alpha value is -0.791. The molecule has 1 saturated heterocycles. The van der Waals surface area contributed by atoms with Crippen LogP contribution in [-0.2, 0) is 11.3 Å². The molecule has 0 atom stereocenters. The zero-order valence-electron chi connectivity index (χ0n) is 8.69. The summed E-state index contributed by atoms with van der Waals surface area (Å²) in [4.78, 5) is 5.54. The van der Waals surface area contributed by atoms with Crippen LogP contribution in [0.3, 0.4) is 0 Å². The van der Waals surface area contributed by atoms with Gasteiger partial charge in [0.1, 0.15) is 0 Å². The fraction of sp³-hybridized carbons (Fsp3) is 0.417. The molecule has 1 heterocycles. The van der Waals surface area contributed by atoms with E-state index in [-0.39, 0.29) is 0 Å². The van der Waals surface area contributed by atoms with Gasteiger partial charge >= 0.3 is 96.7 Å². The van der Waals surface area contributed by atoms with Crippen molar-refractivity contribution in [2.45, 2.75) is 24.7 Å². The molecule has 15 heavy (non-hydrogen) atoms. The van der Waals surface area contributed by atoms with Gasteiger partial charge < -0.3 is 0 Å². The SMILES string of the molecule is c1ccc(CN=C2OCCCC[Se]2)cc1. The molecule has 1 aliphatic rings. The third-order valence-electron chi connectivity index (χ3n) is 2.22. The first-order chi connectivity index (χ1) is 7.45. The van der Waals surface area contributed by atoms with E-state index >= 15 is 0 Å². The van der Waals surface area contributed by atoms with Crippen LogP contribution in [-0.4, -0.2) is 26.4 Å². The maximum absolute atomic E-state index is 5.60. The first-order valence-electron chi connectivity index (χ1n) is 5.29. The van der Waals surface area contributed by atoms with Crippen LogP contribution >= 0.6 is 0 Å². The van der Waals surface area contributed by atoms with Crippen LogP contribution in [0.2, 0.25) is 5.32 Å². The van der Waals surface area contributed by atoms with E-state index < -0.39 is 0 Å². The predicted octanol–water partition coefficient (Wildman–Crippen LogP) is 2.48. The van der Waals surface area contributed by atoms with E-state index in [0.29, 0.717) is 15.0 Å². The number of hydrogen-bond acceptors (Lipinski definition) is 2. The summed E-state index contributed by atoms with van der Waals surface area (Å²) in [5.74, 6) is 0. The van der Waals surface area contributed by atoms with Gasteiger partial charge in [0.05, 0.1) is 0 Å². The second-order valence-electron chi connectivity index (χ2n) is 3.47. The van der Waals surface area contributed by atoms with E-state index in [1.807, 2.05) is 6.07 Å². The summed E-state index contributed by atoms with van der Waals surface area (Å²) in [6, 6.07) is 10.3. The van der Waals surface area contributed by atoms with Gasteiger partial charge in [0.25, 0.3) is 0 Å². The van der Waals surface area contributed by atoms with E-state index in [1.165, 1.54) is 23.7 Å². The van der Waals surface area contributed by atoms with Crippen molar-refractivity contribution in [1.29, 1.82) is 0 Å². The van der Waals surface area contributed by atoms with Gasteiger partial charge in [-0.3, -0.25) is 0 Å². The first kappa shape index (κ1) is 10.7. The van der Waals surface area contributed by atoms with Crippen molar-refractivity contribution in [3.05, 3.63) is 35.9 Å². The number of ether oxygens (including phenoxy) is 1. The molecule has 1 fully saturated rings. The van der Waals surface area contributed by atoms with Crippen molar-refractivity contribution >= 4 is 19.8 Å². The molecular weight excluding hydrogens is 253 g/mol. The molecule has 1 aromatic rings. The monoisotopic (exact) mass is 269 g/mol. The Balaban J connectivity index is 1.92. The molecule has 80 valence electrons. The number of nitrogens with zero attached hydrogens (tertiary/aromatic N) is 1. The number of benzene rings is 1. The third-order valence-corrected chi connectivity index (χ3v) is 4.29. The Labute approximate surface area is 96.9 Å². The molecule has 0 N–H and O–H groups in total. The third kappa shape index (κ3) is 3.69. The second-order valence-corrected chi connectivity index (χ2v) is 5.67. The minimum absolute atomic E-state index is 0.464. The van der Waals surface area contributed by atoms with E-state index in [9.17, 15) is 0 Å². The molecule has 2 nitrogen and oxygen atoms in total. The van der Waals surface area contributed by atoms with E-state index in [1.54, 1.807) is 0 Å². The van der Waals surface area contributed by atoms with Gasteiger partial charge in [0, 0.05) is 0 Å². The molecule has 1 aliphatic heterocycles. The number of aliphatic imine (C=N–C) groups is 1. The summed E-state index contributed by atoms with van der Waals surface area (Å²) in [7, 11) is 0. The zero-order chi connectivity index (χ0) is 10.3. The zero-order valence-corrected chi connectivity index (χ0v) is 10.4. The average Bonchev–Trinajstić information content (AvgIpc) is 2.56. The Bertz CT molecular complexity index is 314. The van der Waals surface area contributed by atoms with Crippen molar-refractivity contribution in [1.82, 2.24) is 0 Å². The van der Waals surface area contributed by atoms with Crippen LogP contribution < -0.4 is 0 Å². The number of hydrogen-bond donors (Lipinski definition) is 0. The average molecular weight is 268 g/mol. The van der Waals surface area contributed by atoms with Crippen molar-refractivity contribution < 1.29 is 4.74 Å². The fourth-order valence-corrected chi connectivity index (χ4v) is 3.17. The van der Waals surface area contributed by atoms with Crippen LogP contribution in [0, 0.1) is 0 Å². The number of rotatable bonds is 2. The quantitative estimate of drug-likeness (QED) is 0.755. The molecule has 1 aromatic carbocycles. The second kappa shape index (κ2) is 5.94. The van der Waals surface area contributed by atoms with E-state index in [2.05, 4.69) is 29.3 Å². The summed E-state index contributed by atoms with van der Waals surface area (Å²) in [5, 5.41) is 1.28. The Morgan fingerprint density at radius 2 is 2.07 bits per heavy atom. The summed E-state index contributed by atoms with van der Waals surface area (Å²) < 4.78 is 5.60. The Morgan fingerprint density at radius 3 is 2.93 bits per heavy atom. The van der Waals surface area contributed by atoms with Gasteiger partial charge in [-0.15, -0.1) is 0 Å². The van der Waals surface area contributed by atoms with Gasteiger partial charge in [0.15, 0.2) is 0 Å². The first-order valence-corrected chi connectivity index (χ1v) is 7.36. The van der Waals surface area contributed by atoms with Crippen molar-refractivity contribution in [3.8, 4) is 0 Å². The normalized spacial score (nSPS) is 19.6. The molecule has 2 rings (SSSR count). The van der Waals surface area contributed by atoms with Gasteiger partial charge in [-0.2, -0.15) is 0 Å². The summed E-state index contributed by atoms with van der Waals surface area (Å²) in [6.07, 6.45) is 2.48. The predicted molar refractivity (Wildman–Crippen MR) is 63.3 cm³/mol. The molecule has 0 radical (unpaired) electrons. The van der Waals surface area contributed by atoms with Gasteiger partial charge in [0.2, 0.25) is 0 Å². The molecule has 3 heteroatoms. The van der Waals surface area contributed by atoms with Crippen molar-refractivity contribution in [2.75, 3.05) is 6.61 Å². The standard InChI is InChI=1S/C12H15NOSe/c1-2-6-11(7-3-1)10-13-12-14-8-4-5-9-15-12/h1-3,6-7H,4-5,8-10H2. The molecule has 0 amide bonds. The minimum atomic E-state index is 0.464. The van der Waals surface area contributed by atoms with E-state index in [0.717, 1.165) is 17.9 Å². The van der Waals surface area contributed by atoms with Crippen LogP contribution in [0.15, 0.2) is 35.3 Å². The summed E-state index contributed by atoms with van der Waals surface area (Å²) in [6.45, 7) is 1.62. The molecular formula is C12H15NOSe. The van der Waals surface area contributed by atoms with Gasteiger partial charge in [-0.05, 0) is 0 Å². The summed E-state index contributed by atoms with van der Waals surface area (Å²) in [5.41, 5.74) is 1.26. The molecule has 0 saturated carbocycles. The van der Waals surface area contributed by atoms with Gasteiger partial charge in [-0.1, -0.05) is 0 Å². The van der Waals surface area contributed by atoms with E-state index in [4.69, 9.17) is 4.74 Å². The Morgan fingerprint density at radius 1 is 1.20 bits per heavy atom. The van der Waals surface area contributed by atoms with Crippen LogP contribution in [0.4, 0.5) is 0 Å². The fourth-order valence-electron chi connectivity index (χ4n) is 1.40. The molecule has 0 bridgehead atoms. The van der Waals surface area contributed by atoms with Crippen molar-refractivity contribution in [3.63, 3.8) is 0 Å². The van der Waals surface area contributed by atoms with Crippen molar-refractivity contribution in [2.24, 2.45) is 4.99 Å². The van der Waals surface area contributed by atoms with Crippen LogP contribution in [0.5, 0.6) is 0 Å².